The van der Waals surface area contributed by atoms with E-state index in [-0.39, 0.29) is 0 Å². The van der Waals surface area contributed by atoms with Gasteiger partial charge in [0.1, 0.15) is 0 Å². The Morgan fingerprint density at radius 2 is 2.12 bits per heavy atom. The molecule has 2 atom stereocenters. The molecule has 2 aliphatic rings. The van der Waals surface area contributed by atoms with Gasteiger partial charge in [-0.3, -0.25) is 10.7 Å². The maximum Gasteiger partial charge on any atom is 0.337 e. The molecular formula is C4H19N8P3S+2. The van der Waals surface area contributed by atoms with Gasteiger partial charge in [0.05, 0.1) is 11.4 Å². The third-order valence-corrected chi connectivity index (χ3v) is 15.6. The summed E-state index contributed by atoms with van der Waals surface area (Å²) in [6, 6.07) is 0. The lowest BCUT2D eigenvalue weighted by Gasteiger charge is -2.41. The zero-order valence-corrected chi connectivity index (χ0v) is 12.6. The summed E-state index contributed by atoms with van der Waals surface area (Å²) in [6.07, 6.45) is 1.13. The topological polar surface area (TPSA) is 141 Å². The second-order valence-corrected chi connectivity index (χ2v) is 14.2. The van der Waals surface area contributed by atoms with Crippen LogP contribution in [0.25, 0.3) is 0 Å². The number of rotatable bonds is 0. The van der Waals surface area contributed by atoms with Gasteiger partial charge in [0.25, 0.3) is 0 Å². The minimum absolute atomic E-state index is 0.973. The number of hydrogen-bond donors (Lipinski definition) is 7. The Balaban J connectivity index is 2.29. The van der Waals surface area contributed by atoms with Crippen molar-refractivity contribution in [2.24, 2.45) is 16.5 Å². The molecule has 0 aliphatic carbocycles. The van der Waals surface area contributed by atoms with Crippen molar-refractivity contribution < 1.29 is 0 Å². The van der Waals surface area contributed by atoms with E-state index in [1.807, 2.05) is 7.05 Å². The molecule has 0 aromatic rings. The summed E-state index contributed by atoms with van der Waals surface area (Å²) in [5.41, 5.74) is 17.8. The molecule has 2 heterocycles. The van der Waals surface area contributed by atoms with Crippen LogP contribution in [0.1, 0.15) is 6.42 Å². The summed E-state index contributed by atoms with van der Waals surface area (Å²) in [5.74, 6) is 1.04. The molecule has 8 nitrogen and oxygen atoms in total. The van der Waals surface area contributed by atoms with E-state index in [4.69, 9.17) is 21.7 Å². The predicted octanol–water partition coefficient (Wildman–Crippen LogP) is 0.594. The second-order valence-electron chi connectivity index (χ2n) is 3.94. The molecule has 2 fully saturated rings. The Morgan fingerprint density at radius 1 is 1.44 bits per heavy atom. The van der Waals surface area contributed by atoms with Crippen molar-refractivity contribution in [1.82, 2.24) is 19.2 Å². The molecule has 0 radical (unpaired) electrons. The van der Waals surface area contributed by atoms with E-state index >= 15 is 0 Å². The van der Waals surface area contributed by atoms with Gasteiger partial charge in [-0.1, -0.05) is 9.72 Å². The van der Waals surface area contributed by atoms with Crippen molar-refractivity contribution >= 4 is 33.7 Å². The van der Waals surface area contributed by atoms with Gasteiger partial charge in [0.2, 0.25) is 7.51 Å². The molecule has 2 unspecified atom stereocenters. The fourth-order valence-corrected chi connectivity index (χ4v) is 17.3. The Kier molecular flexibility index (Phi) is 3.71. The van der Waals surface area contributed by atoms with E-state index < -0.39 is 22.3 Å². The quantitative estimate of drug-likeness (QED) is 0.322. The smallest absolute Gasteiger partial charge is 0.273 e. The van der Waals surface area contributed by atoms with Gasteiger partial charge in [-0.25, -0.2) is 0 Å². The largest absolute Gasteiger partial charge is 0.337 e. The van der Waals surface area contributed by atoms with Crippen LogP contribution in [0.5, 0.6) is 0 Å². The lowest BCUT2D eigenvalue weighted by molar-refractivity contribution is 0.528. The predicted molar refractivity (Wildman–Crippen MR) is 75.2 cm³/mol. The van der Waals surface area contributed by atoms with Crippen LogP contribution in [0.3, 0.4) is 0 Å². The zero-order valence-electron chi connectivity index (χ0n) is 9.05. The van der Waals surface area contributed by atoms with E-state index in [9.17, 15) is 0 Å². The molecule has 0 bridgehead atoms. The third-order valence-electron chi connectivity index (χ3n) is 2.30. The first-order valence-electron chi connectivity index (χ1n) is 4.77. The molecule has 2 aliphatic heterocycles. The summed E-state index contributed by atoms with van der Waals surface area (Å²) < 4.78 is 2.19. The molecular weight excluding hydrogens is 285 g/mol. The number of nitrogens with zero attached hydrogens (tertiary/aromatic N) is 1. The number of nitrogens with one attached hydrogen (secondary N) is 4. The van der Waals surface area contributed by atoms with Gasteiger partial charge in [0, 0.05) is 24.2 Å². The van der Waals surface area contributed by atoms with Crippen LogP contribution in [-0.2, 0) is 0 Å². The minimum Gasteiger partial charge on any atom is -0.273 e. The van der Waals surface area contributed by atoms with Crippen molar-refractivity contribution in [3.05, 3.63) is 0 Å². The van der Waals surface area contributed by atoms with Gasteiger partial charge >= 0.3 is 14.8 Å². The van der Waals surface area contributed by atoms with E-state index in [1.54, 1.807) is 11.4 Å². The number of nitrogens with two attached hydrogens (primary N) is 3. The molecule has 0 aromatic carbocycles. The van der Waals surface area contributed by atoms with Gasteiger partial charge in [-0.15, -0.1) is 4.67 Å². The summed E-state index contributed by atoms with van der Waals surface area (Å²) in [7, 11) is -3.10. The maximum absolute atomic E-state index is 8.02. The molecule has 0 aromatic heterocycles. The van der Waals surface area contributed by atoms with Gasteiger partial charge < -0.3 is 0 Å². The highest BCUT2D eigenvalue weighted by Crippen LogP contribution is 2.78. The highest BCUT2D eigenvalue weighted by atomic mass is 32.7. The van der Waals surface area contributed by atoms with Gasteiger partial charge in [0.15, 0.2) is 0 Å². The van der Waals surface area contributed by atoms with Crippen molar-refractivity contribution in [1.29, 1.82) is 5.16 Å². The Hall–Kier alpha value is 1.16. The van der Waals surface area contributed by atoms with Crippen LogP contribution in [0.15, 0.2) is 0 Å². The summed E-state index contributed by atoms with van der Waals surface area (Å²) in [4.78, 5) is 9.31. The van der Waals surface area contributed by atoms with Crippen LogP contribution in [0.2, 0.25) is 0 Å². The lowest BCUT2D eigenvalue weighted by Crippen LogP contribution is -2.52. The summed E-state index contributed by atoms with van der Waals surface area (Å²) in [5, 5.41) is 8.02. The normalized spacial score (nSPS) is 44.8. The van der Waals surface area contributed by atoms with Gasteiger partial charge in [-0.2, -0.15) is 11.0 Å². The SMILES string of the molecule is CN1CCCS[P+]12NP(=N)(N)N[P+](N)(N)N2. The molecule has 1 spiro atoms. The first-order valence-corrected chi connectivity index (χ1v) is 11.9. The van der Waals surface area contributed by atoms with E-state index in [0.717, 1.165) is 18.7 Å². The average Bonchev–Trinajstić information content (AvgIpc) is 2.04. The Morgan fingerprint density at radius 3 is 2.69 bits per heavy atom. The standard InChI is InChI=1S/C4H19N8P3S/c1-12-3-2-4-16-15(12)10-13(5,6)9-14(7,8)11-15/h10H,2-6H2,1H3,(H5,7,8,9,11)/q+2. The van der Waals surface area contributed by atoms with Crippen LogP contribution in [0, 0.1) is 5.16 Å². The van der Waals surface area contributed by atoms with Crippen molar-refractivity contribution in [2.45, 2.75) is 6.42 Å². The van der Waals surface area contributed by atoms with E-state index in [1.165, 1.54) is 0 Å². The second kappa shape index (κ2) is 4.37. The monoisotopic (exact) mass is 304 g/mol. The van der Waals surface area contributed by atoms with Crippen LogP contribution >= 0.6 is 33.7 Å². The van der Waals surface area contributed by atoms with Crippen LogP contribution in [-0.4, -0.2) is 24.0 Å². The highest BCUT2D eigenvalue weighted by molar-refractivity contribution is 8.62. The molecule has 12 heteroatoms. The molecule has 0 amide bonds. The fourth-order valence-electron chi connectivity index (χ4n) is 1.71. The summed E-state index contributed by atoms with van der Waals surface area (Å²) >= 11 is 1.77. The van der Waals surface area contributed by atoms with Crippen LogP contribution in [0.4, 0.5) is 0 Å². The highest BCUT2D eigenvalue weighted by Gasteiger charge is 2.63. The first kappa shape index (κ1) is 13.6. The fraction of sp³-hybridized carbons (Fsp3) is 1.00. The Bertz CT molecular complexity index is 337. The minimum atomic E-state index is -2.66. The number of hydrogen-bond acceptors (Lipinski definition) is 6. The summed E-state index contributed by atoms with van der Waals surface area (Å²) in [6.45, 7) is -0.922. The molecule has 2 saturated heterocycles. The maximum atomic E-state index is 8.02. The average molecular weight is 304 g/mol. The van der Waals surface area contributed by atoms with E-state index in [0.29, 0.717) is 0 Å². The molecule has 0 saturated carbocycles. The van der Waals surface area contributed by atoms with Crippen molar-refractivity contribution in [2.75, 3.05) is 19.3 Å². The van der Waals surface area contributed by atoms with Crippen molar-refractivity contribution in [3.63, 3.8) is 0 Å². The zero-order chi connectivity index (χ0) is 12.0. The van der Waals surface area contributed by atoms with Gasteiger partial charge in [-0.05, 0) is 6.42 Å². The van der Waals surface area contributed by atoms with E-state index in [2.05, 4.69) is 19.2 Å². The first-order chi connectivity index (χ1) is 7.25. The molecule has 2 rings (SSSR count). The van der Waals surface area contributed by atoms with Crippen molar-refractivity contribution in [3.8, 4) is 0 Å². The third kappa shape index (κ3) is 2.76. The molecule has 10 N–H and O–H groups in total. The van der Waals surface area contributed by atoms with Crippen LogP contribution < -0.4 is 31.1 Å². The lowest BCUT2D eigenvalue weighted by atomic mass is 10.5. The molecule has 94 valence electrons. The molecule has 16 heavy (non-hydrogen) atoms. The Labute approximate surface area is 101 Å².